The zero-order chi connectivity index (χ0) is 19.1. The predicted molar refractivity (Wildman–Crippen MR) is 108 cm³/mol. The van der Waals surface area contributed by atoms with Crippen LogP contribution in [0.25, 0.3) is 11.0 Å². The second-order valence-electron chi connectivity index (χ2n) is 9.95. The molecule has 2 N–H and O–H groups in total. The number of aromatic nitrogens is 2. The minimum atomic E-state index is -0.0371. The van der Waals surface area contributed by atoms with Gasteiger partial charge in [0.1, 0.15) is 11.3 Å². The normalized spacial score (nSPS) is 30.7. The van der Waals surface area contributed by atoms with Crippen molar-refractivity contribution in [1.82, 2.24) is 15.3 Å². The van der Waals surface area contributed by atoms with E-state index in [9.17, 15) is 4.79 Å². The number of aromatic amines is 1. The quantitative estimate of drug-likeness (QED) is 0.709. The maximum Gasteiger partial charge on any atom is 0.268 e. The topological polar surface area (TPSA) is 57.8 Å². The van der Waals surface area contributed by atoms with E-state index in [1.165, 1.54) is 0 Å². The van der Waals surface area contributed by atoms with Crippen LogP contribution in [0.4, 0.5) is 0 Å². The van der Waals surface area contributed by atoms with Crippen molar-refractivity contribution in [3.8, 4) is 0 Å². The fraction of sp³-hybridized carbons (Fsp3) is 0.619. The van der Waals surface area contributed by atoms with Crippen LogP contribution >= 0.6 is 15.9 Å². The summed E-state index contributed by atoms with van der Waals surface area (Å²) in [6.07, 6.45) is 2.77. The van der Waals surface area contributed by atoms with E-state index in [4.69, 9.17) is 0 Å². The number of carbonyl (C=O) groups excluding carboxylic acids is 1. The van der Waals surface area contributed by atoms with Crippen molar-refractivity contribution in [1.29, 1.82) is 0 Å². The standard InChI is InChI=1S/C21H28BrN3O/c1-19(2)14-10-15(21(5,6)18(19)20(14,3)4)25-17(26)13-9-11-12(22)7-8-23-16(11)24-13/h7-9,14-15,18H,10H2,1-6H3,(H,23,24)(H,25,26)/t14?,15-,18?/m0/s1. The molecule has 0 unspecified atom stereocenters. The Labute approximate surface area is 163 Å². The van der Waals surface area contributed by atoms with E-state index in [1.807, 2.05) is 12.1 Å². The van der Waals surface area contributed by atoms with Gasteiger partial charge in [-0.15, -0.1) is 0 Å². The van der Waals surface area contributed by atoms with Crippen molar-refractivity contribution in [2.75, 3.05) is 0 Å². The van der Waals surface area contributed by atoms with Crippen molar-refractivity contribution in [2.24, 2.45) is 28.1 Å². The fourth-order valence-electron chi connectivity index (χ4n) is 7.09. The van der Waals surface area contributed by atoms with Crippen molar-refractivity contribution < 1.29 is 4.79 Å². The number of H-pyrrole nitrogens is 1. The highest BCUT2D eigenvalue weighted by Gasteiger charge is 2.70. The van der Waals surface area contributed by atoms with Gasteiger partial charge in [-0.2, -0.15) is 0 Å². The lowest BCUT2D eigenvalue weighted by Gasteiger charge is -2.75. The van der Waals surface area contributed by atoms with E-state index in [2.05, 4.69) is 72.8 Å². The van der Waals surface area contributed by atoms with Crippen LogP contribution in [0.2, 0.25) is 0 Å². The van der Waals surface area contributed by atoms with Crippen LogP contribution in [0.15, 0.2) is 22.8 Å². The second kappa shape index (κ2) is 5.34. The highest BCUT2D eigenvalue weighted by molar-refractivity contribution is 9.10. The molecule has 1 amide bonds. The molecule has 0 spiro atoms. The van der Waals surface area contributed by atoms with Crippen LogP contribution in [-0.2, 0) is 0 Å². The second-order valence-corrected chi connectivity index (χ2v) is 10.8. The number of rotatable bonds is 2. The van der Waals surface area contributed by atoms with Crippen LogP contribution < -0.4 is 5.32 Å². The van der Waals surface area contributed by atoms with Crippen LogP contribution in [0, 0.1) is 28.1 Å². The zero-order valence-electron chi connectivity index (χ0n) is 16.4. The van der Waals surface area contributed by atoms with E-state index >= 15 is 0 Å². The molecule has 4 nitrogen and oxygen atoms in total. The molecule has 3 fully saturated rings. The molecule has 3 aliphatic rings. The molecule has 140 valence electrons. The predicted octanol–water partition coefficient (Wildman–Crippen LogP) is 5.15. The van der Waals surface area contributed by atoms with E-state index in [0.717, 1.165) is 21.9 Å². The van der Waals surface area contributed by atoms with Crippen molar-refractivity contribution >= 4 is 32.9 Å². The summed E-state index contributed by atoms with van der Waals surface area (Å²) in [5.74, 6) is 1.19. The number of carbonyl (C=O) groups is 1. The lowest BCUT2D eigenvalue weighted by Crippen LogP contribution is -2.73. The summed E-state index contributed by atoms with van der Waals surface area (Å²) < 4.78 is 0.945. The Morgan fingerprint density at radius 1 is 1.19 bits per heavy atom. The van der Waals surface area contributed by atoms with Gasteiger partial charge in [0.15, 0.2) is 0 Å². The van der Waals surface area contributed by atoms with Gasteiger partial charge in [0, 0.05) is 22.1 Å². The maximum atomic E-state index is 12.9. The molecule has 3 saturated carbocycles. The number of amides is 1. The van der Waals surface area contributed by atoms with Gasteiger partial charge < -0.3 is 10.3 Å². The summed E-state index contributed by atoms with van der Waals surface area (Å²) in [6, 6.07) is 3.96. The third kappa shape index (κ3) is 2.25. The van der Waals surface area contributed by atoms with Crippen LogP contribution in [0.5, 0.6) is 0 Å². The van der Waals surface area contributed by atoms with Crippen molar-refractivity contribution in [2.45, 2.75) is 54.0 Å². The Balaban J connectivity index is 1.59. The molecule has 0 saturated heterocycles. The number of fused-ring (bicyclic) bond motifs is 3. The lowest BCUT2D eigenvalue weighted by atomic mass is 9.30. The minimum absolute atomic E-state index is 0.0371. The summed E-state index contributed by atoms with van der Waals surface area (Å²) in [6.45, 7) is 14.2. The Kier molecular flexibility index (Phi) is 3.70. The highest BCUT2D eigenvalue weighted by Crippen LogP contribution is 2.74. The van der Waals surface area contributed by atoms with Gasteiger partial charge in [0.05, 0.1) is 0 Å². The smallest absolute Gasteiger partial charge is 0.268 e. The minimum Gasteiger partial charge on any atom is -0.347 e. The molecule has 0 aliphatic heterocycles. The number of pyridine rings is 1. The molecular formula is C21H28BrN3O. The van der Waals surface area contributed by atoms with Crippen molar-refractivity contribution in [3.63, 3.8) is 0 Å². The van der Waals surface area contributed by atoms with Crippen LogP contribution in [0.1, 0.15) is 58.5 Å². The van der Waals surface area contributed by atoms with Crippen LogP contribution in [-0.4, -0.2) is 21.9 Å². The summed E-state index contributed by atoms with van der Waals surface area (Å²) in [4.78, 5) is 20.4. The third-order valence-electron chi connectivity index (χ3n) is 7.43. The molecule has 1 atom stereocenters. The van der Waals surface area contributed by atoms with Gasteiger partial charge >= 0.3 is 0 Å². The first kappa shape index (κ1) is 18.0. The molecule has 5 heteroatoms. The van der Waals surface area contributed by atoms with Crippen molar-refractivity contribution in [3.05, 3.63) is 28.5 Å². The molecule has 0 radical (unpaired) electrons. The summed E-state index contributed by atoms with van der Waals surface area (Å²) >= 11 is 3.52. The van der Waals surface area contributed by atoms with Gasteiger partial charge in [-0.25, -0.2) is 4.98 Å². The summed E-state index contributed by atoms with van der Waals surface area (Å²) in [5.41, 5.74) is 2.04. The molecule has 0 aromatic carbocycles. The Hall–Kier alpha value is -1.36. The monoisotopic (exact) mass is 417 g/mol. The Morgan fingerprint density at radius 3 is 2.42 bits per heavy atom. The van der Waals surface area contributed by atoms with Gasteiger partial charge in [0.25, 0.3) is 5.91 Å². The van der Waals surface area contributed by atoms with Gasteiger partial charge in [-0.3, -0.25) is 4.79 Å². The first-order valence-corrected chi connectivity index (χ1v) is 10.2. The molecular weight excluding hydrogens is 390 g/mol. The van der Waals surface area contributed by atoms with Crippen LogP contribution in [0.3, 0.4) is 0 Å². The summed E-state index contributed by atoms with van der Waals surface area (Å²) in [7, 11) is 0. The number of hydrogen-bond acceptors (Lipinski definition) is 2. The molecule has 5 rings (SSSR count). The molecule has 2 bridgehead atoms. The van der Waals surface area contributed by atoms with Gasteiger partial charge in [-0.05, 0) is 62.6 Å². The number of nitrogens with zero attached hydrogens (tertiary/aromatic N) is 1. The average Bonchev–Trinajstić information content (AvgIpc) is 2.94. The average molecular weight is 418 g/mol. The van der Waals surface area contributed by atoms with Gasteiger partial charge in [0.2, 0.25) is 0 Å². The highest BCUT2D eigenvalue weighted by atomic mass is 79.9. The zero-order valence-corrected chi connectivity index (χ0v) is 18.0. The number of hydrogen-bond donors (Lipinski definition) is 2. The fourth-order valence-corrected chi connectivity index (χ4v) is 7.51. The van der Waals surface area contributed by atoms with E-state index in [-0.39, 0.29) is 17.4 Å². The summed E-state index contributed by atoms with van der Waals surface area (Å²) in [5, 5.41) is 4.26. The Morgan fingerprint density at radius 2 is 1.85 bits per heavy atom. The van der Waals surface area contributed by atoms with E-state index < -0.39 is 0 Å². The number of halogens is 1. The first-order valence-electron chi connectivity index (χ1n) is 9.41. The van der Waals surface area contributed by atoms with E-state index in [1.54, 1.807) is 6.20 Å². The first-order chi connectivity index (χ1) is 12.0. The maximum absolute atomic E-state index is 12.9. The molecule has 3 aliphatic carbocycles. The SMILES string of the molecule is CC1(C)C2C[C@H](NC(=O)c3cc4c(Br)ccnc4[nH]3)C(C)(C)C1C2(C)C. The lowest BCUT2D eigenvalue weighted by molar-refractivity contribution is -0.260. The molecule has 2 heterocycles. The molecule has 2 aromatic rings. The largest absolute Gasteiger partial charge is 0.347 e. The molecule has 26 heavy (non-hydrogen) atoms. The molecule has 2 aromatic heterocycles. The van der Waals surface area contributed by atoms with E-state index in [0.29, 0.717) is 28.4 Å². The number of nitrogens with one attached hydrogen (secondary N) is 2. The Bertz CT molecular complexity index is 880. The van der Waals surface area contributed by atoms with Gasteiger partial charge in [-0.1, -0.05) is 41.5 Å². The third-order valence-corrected chi connectivity index (χ3v) is 8.12.